The van der Waals surface area contributed by atoms with Crippen LogP contribution in [0, 0.1) is 0 Å². The molecule has 158 valence electrons. The van der Waals surface area contributed by atoms with Crippen molar-refractivity contribution in [1.82, 2.24) is 4.57 Å². The van der Waals surface area contributed by atoms with Crippen LogP contribution in [0.3, 0.4) is 0 Å². The minimum atomic E-state index is 1.01. The second-order valence-electron chi connectivity index (χ2n) is 10.2. The minimum absolute atomic E-state index is 1.01. The van der Waals surface area contributed by atoms with E-state index in [4.69, 9.17) is 0 Å². The molecule has 0 saturated heterocycles. The molecule has 1 aromatic heterocycles. The Bertz CT molecular complexity index is 1880. The van der Waals surface area contributed by atoms with Gasteiger partial charge in [-0.15, -0.1) is 0 Å². The van der Waals surface area contributed by atoms with Crippen molar-refractivity contribution >= 4 is 21.8 Å². The van der Waals surface area contributed by atoms with E-state index in [0.29, 0.717) is 0 Å². The molecule has 0 N–H and O–H groups in total. The van der Waals surface area contributed by atoms with E-state index in [0.717, 1.165) is 19.3 Å². The van der Waals surface area contributed by atoms with Gasteiger partial charge in [0.15, 0.2) is 0 Å². The van der Waals surface area contributed by atoms with Crippen molar-refractivity contribution in [1.29, 1.82) is 0 Å². The van der Waals surface area contributed by atoms with Crippen molar-refractivity contribution in [3.63, 3.8) is 0 Å². The largest absolute Gasteiger partial charge is 0.309 e. The molecule has 1 heteroatoms. The van der Waals surface area contributed by atoms with E-state index in [-0.39, 0.29) is 0 Å². The molecule has 0 fully saturated rings. The molecule has 0 amide bonds. The number of benzene rings is 5. The Morgan fingerprint density at radius 2 is 1.09 bits per heavy atom. The number of hydrogen-bond acceptors (Lipinski definition) is 0. The Kier molecular flexibility index (Phi) is 3.00. The molecule has 2 heterocycles. The summed E-state index contributed by atoms with van der Waals surface area (Å²) in [6, 6.07) is 34.6. The maximum Gasteiger partial charge on any atom is 0.0576 e. The highest BCUT2D eigenvalue weighted by atomic mass is 15.0. The number of nitrogens with zero attached hydrogens (tertiary/aromatic N) is 1. The molecule has 3 aliphatic rings. The molecule has 0 atom stereocenters. The normalized spacial score (nSPS) is 14.1. The summed E-state index contributed by atoms with van der Waals surface area (Å²) >= 11 is 0. The van der Waals surface area contributed by atoms with Crippen molar-refractivity contribution in [2.24, 2.45) is 0 Å². The summed E-state index contributed by atoms with van der Waals surface area (Å²) in [4.78, 5) is 0. The van der Waals surface area contributed by atoms with Gasteiger partial charge in [0.25, 0.3) is 0 Å². The van der Waals surface area contributed by atoms with Crippen molar-refractivity contribution in [2.75, 3.05) is 0 Å². The Labute approximate surface area is 197 Å². The SMILES string of the molecule is c1ccc2c(c1)Cc1cc3c(cc1-2)Cc1cc2c4cccc5c4n(c2cc1-3)-c1ccccc1C5. The van der Waals surface area contributed by atoms with Crippen LogP contribution in [-0.2, 0) is 19.3 Å². The first-order valence-corrected chi connectivity index (χ1v) is 12.3. The van der Waals surface area contributed by atoms with Crippen LogP contribution in [0.25, 0.3) is 49.7 Å². The van der Waals surface area contributed by atoms with Crippen molar-refractivity contribution in [3.8, 4) is 27.9 Å². The maximum atomic E-state index is 2.53. The fourth-order valence-electron chi connectivity index (χ4n) is 6.93. The van der Waals surface area contributed by atoms with Crippen LogP contribution >= 0.6 is 0 Å². The molecule has 6 aromatic rings. The third-order valence-corrected chi connectivity index (χ3v) is 8.40. The third-order valence-electron chi connectivity index (χ3n) is 8.40. The summed E-state index contributed by atoms with van der Waals surface area (Å²) < 4.78 is 2.53. The van der Waals surface area contributed by atoms with Crippen molar-refractivity contribution in [2.45, 2.75) is 19.3 Å². The van der Waals surface area contributed by atoms with Crippen LogP contribution in [0.5, 0.6) is 0 Å². The van der Waals surface area contributed by atoms with Gasteiger partial charge in [-0.05, 0) is 98.8 Å². The van der Waals surface area contributed by atoms with Gasteiger partial charge in [-0.3, -0.25) is 0 Å². The van der Waals surface area contributed by atoms with Gasteiger partial charge in [-0.1, -0.05) is 60.7 Å². The van der Waals surface area contributed by atoms with E-state index >= 15 is 0 Å². The van der Waals surface area contributed by atoms with Crippen LogP contribution in [-0.4, -0.2) is 4.57 Å². The first-order valence-electron chi connectivity index (χ1n) is 12.3. The molecule has 0 unspecified atom stereocenters. The smallest absolute Gasteiger partial charge is 0.0576 e. The Hall–Kier alpha value is -4.10. The van der Waals surface area contributed by atoms with E-state index < -0.39 is 0 Å². The van der Waals surface area contributed by atoms with Gasteiger partial charge in [0.05, 0.1) is 11.0 Å². The van der Waals surface area contributed by atoms with Gasteiger partial charge in [0.1, 0.15) is 0 Å². The molecule has 0 bridgehead atoms. The van der Waals surface area contributed by atoms with E-state index in [1.54, 1.807) is 0 Å². The van der Waals surface area contributed by atoms with E-state index in [2.05, 4.69) is 95.6 Å². The standard InChI is InChI=1S/C33H21N/c1-3-9-25-19(6-1)12-22-16-28-23(15-27(22)25)14-24-17-30-26-10-5-8-21-13-20-7-2-4-11-31(20)34(33(21)26)32(30)18-29(24)28/h1-11,15-18H,12-14H2. The fraction of sp³-hybridized carbons (Fsp3) is 0.0909. The van der Waals surface area contributed by atoms with Gasteiger partial charge in [0, 0.05) is 22.9 Å². The van der Waals surface area contributed by atoms with Gasteiger partial charge < -0.3 is 4.57 Å². The predicted molar refractivity (Wildman–Crippen MR) is 140 cm³/mol. The molecule has 1 nitrogen and oxygen atoms in total. The van der Waals surface area contributed by atoms with Gasteiger partial charge in [0.2, 0.25) is 0 Å². The van der Waals surface area contributed by atoms with E-state index in [1.807, 2.05) is 0 Å². The fourth-order valence-corrected chi connectivity index (χ4v) is 6.93. The highest BCUT2D eigenvalue weighted by Gasteiger charge is 2.28. The van der Waals surface area contributed by atoms with E-state index in [1.165, 1.54) is 83.1 Å². The first-order chi connectivity index (χ1) is 16.8. The van der Waals surface area contributed by atoms with Crippen LogP contribution < -0.4 is 0 Å². The topological polar surface area (TPSA) is 4.93 Å². The zero-order valence-corrected chi connectivity index (χ0v) is 18.7. The predicted octanol–water partition coefficient (Wildman–Crippen LogP) is 7.83. The van der Waals surface area contributed by atoms with Gasteiger partial charge in [-0.2, -0.15) is 0 Å². The summed E-state index contributed by atoms with van der Waals surface area (Å²) in [6.07, 6.45) is 3.09. The number of aromatic nitrogens is 1. The molecule has 34 heavy (non-hydrogen) atoms. The van der Waals surface area contributed by atoms with Crippen LogP contribution in [0.1, 0.15) is 33.4 Å². The highest BCUT2D eigenvalue weighted by Crippen LogP contribution is 2.47. The highest BCUT2D eigenvalue weighted by molar-refractivity contribution is 6.12. The molecule has 1 aliphatic heterocycles. The number of rotatable bonds is 0. The molecule has 5 aromatic carbocycles. The summed E-state index contributed by atoms with van der Waals surface area (Å²) in [7, 11) is 0. The zero-order valence-electron chi connectivity index (χ0n) is 18.7. The average Bonchev–Trinajstić information content (AvgIpc) is 3.52. The quantitative estimate of drug-likeness (QED) is 0.231. The second-order valence-corrected chi connectivity index (χ2v) is 10.2. The van der Waals surface area contributed by atoms with Crippen molar-refractivity contribution < 1.29 is 0 Å². The van der Waals surface area contributed by atoms with Crippen LogP contribution in [0.2, 0.25) is 0 Å². The monoisotopic (exact) mass is 431 g/mol. The minimum Gasteiger partial charge on any atom is -0.309 e. The lowest BCUT2D eigenvalue weighted by atomic mass is 9.97. The maximum absolute atomic E-state index is 2.53. The molecule has 9 rings (SSSR count). The molecule has 0 radical (unpaired) electrons. The Morgan fingerprint density at radius 3 is 2.00 bits per heavy atom. The lowest BCUT2D eigenvalue weighted by Gasteiger charge is -2.20. The van der Waals surface area contributed by atoms with Crippen LogP contribution in [0.15, 0.2) is 91.0 Å². The van der Waals surface area contributed by atoms with E-state index in [9.17, 15) is 0 Å². The second kappa shape index (κ2) is 5.87. The molecular formula is C33H21N. The van der Waals surface area contributed by atoms with Gasteiger partial charge >= 0.3 is 0 Å². The average molecular weight is 432 g/mol. The zero-order chi connectivity index (χ0) is 22.0. The van der Waals surface area contributed by atoms with Crippen LogP contribution in [0.4, 0.5) is 0 Å². The molecule has 0 spiro atoms. The number of hydrogen-bond donors (Lipinski definition) is 0. The summed E-state index contributed by atoms with van der Waals surface area (Å²) in [5.41, 5.74) is 18.5. The molecule has 2 aliphatic carbocycles. The molecule has 0 saturated carbocycles. The summed E-state index contributed by atoms with van der Waals surface area (Å²) in [5, 5.41) is 2.77. The first kappa shape index (κ1) is 17.4. The van der Waals surface area contributed by atoms with Crippen molar-refractivity contribution in [3.05, 3.63) is 124 Å². The molecular weight excluding hydrogens is 410 g/mol. The summed E-state index contributed by atoms with van der Waals surface area (Å²) in [5.74, 6) is 0. The van der Waals surface area contributed by atoms with Gasteiger partial charge in [-0.25, -0.2) is 0 Å². The number of para-hydroxylation sites is 2. The third kappa shape index (κ3) is 2.02. The Balaban J connectivity index is 1.34. The summed E-state index contributed by atoms with van der Waals surface area (Å²) in [6.45, 7) is 0. The lowest BCUT2D eigenvalue weighted by molar-refractivity contribution is 1.04. The number of fused-ring (bicyclic) bond motifs is 11. The Morgan fingerprint density at radius 1 is 0.441 bits per heavy atom. The lowest BCUT2D eigenvalue weighted by Crippen LogP contribution is -2.07.